The van der Waals surface area contributed by atoms with E-state index in [4.69, 9.17) is 4.74 Å². The van der Waals surface area contributed by atoms with Gasteiger partial charge in [0, 0.05) is 19.3 Å². The SMILES string of the molecule is CC(C)CN(C[C@@H](O)[C@H](Cc1ccccc1)NC(=O)OCc1cncs1)S(=O)(=O)c1ccc(O)cc1. The first-order chi connectivity index (χ1) is 17.1. The van der Waals surface area contributed by atoms with Crippen molar-refractivity contribution in [2.45, 2.75) is 43.9 Å². The lowest BCUT2D eigenvalue weighted by atomic mass is 10.0. The number of amides is 1. The molecule has 0 bridgehead atoms. The number of thiazole rings is 1. The molecule has 0 unspecified atom stereocenters. The Labute approximate surface area is 215 Å². The van der Waals surface area contributed by atoms with Gasteiger partial charge in [-0.05, 0) is 42.2 Å². The van der Waals surface area contributed by atoms with E-state index in [-0.39, 0.29) is 42.7 Å². The molecule has 1 amide bonds. The van der Waals surface area contributed by atoms with Crippen LogP contribution in [0.1, 0.15) is 24.3 Å². The summed E-state index contributed by atoms with van der Waals surface area (Å²) < 4.78 is 33.2. The third-order valence-electron chi connectivity index (χ3n) is 5.33. The number of aliphatic hydroxyl groups excluding tert-OH is 1. The Bertz CT molecular complexity index is 1190. The maximum absolute atomic E-state index is 13.4. The van der Waals surface area contributed by atoms with Crippen LogP contribution in [0.25, 0.3) is 0 Å². The van der Waals surface area contributed by atoms with Gasteiger partial charge in [0.2, 0.25) is 10.0 Å². The summed E-state index contributed by atoms with van der Waals surface area (Å²) in [5.41, 5.74) is 2.50. The van der Waals surface area contributed by atoms with Gasteiger partial charge >= 0.3 is 6.09 Å². The Morgan fingerprint density at radius 2 is 1.81 bits per heavy atom. The first kappa shape index (κ1) is 27.6. The molecule has 36 heavy (non-hydrogen) atoms. The molecule has 9 nitrogen and oxygen atoms in total. The lowest BCUT2D eigenvalue weighted by Crippen LogP contribution is -2.51. The number of sulfonamides is 1. The van der Waals surface area contributed by atoms with Crippen LogP contribution >= 0.6 is 11.3 Å². The summed E-state index contributed by atoms with van der Waals surface area (Å²) in [6, 6.07) is 13.7. The van der Waals surface area contributed by atoms with Crippen molar-refractivity contribution in [2.24, 2.45) is 5.92 Å². The fourth-order valence-electron chi connectivity index (χ4n) is 3.58. The van der Waals surface area contributed by atoms with E-state index in [1.54, 1.807) is 11.7 Å². The molecule has 194 valence electrons. The monoisotopic (exact) mass is 533 g/mol. The van der Waals surface area contributed by atoms with E-state index in [1.807, 2.05) is 44.2 Å². The standard InChI is InChI=1S/C25H31N3O6S2/c1-18(2)14-28(36(32,33)22-10-8-20(29)9-11-22)15-24(30)23(12-19-6-4-3-5-7-19)27-25(31)34-16-21-13-26-17-35-21/h3-11,13,17-18,23-24,29-30H,12,14-16H2,1-2H3,(H,27,31)/t23-,24+/m0/s1. The predicted octanol–water partition coefficient (Wildman–Crippen LogP) is 3.39. The smallest absolute Gasteiger partial charge is 0.407 e. The summed E-state index contributed by atoms with van der Waals surface area (Å²) in [6.07, 6.45) is -0.0782. The van der Waals surface area contributed by atoms with Crippen molar-refractivity contribution >= 4 is 27.5 Å². The number of nitrogens with zero attached hydrogens (tertiary/aromatic N) is 2. The van der Waals surface area contributed by atoms with Crippen LogP contribution in [0.5, 0.6) is 5.75 Å². The number of hydrogen-bond donors (Lipinski definition) is 3. The summed E-state index contributed by atoms with van der Waals surface area (Å²) >= 11 is 1.35. The van der Waals surface area contributed by atoms with Crippen LogP contribution in [0.3, 0.4) is 0 Å². The summed E-state index contributed by atoms with van der Waals surface area (Å²) in [5, 5.41) is 23.4. The van der Waals surface area contributed by atoms with Gasteiger partial charge in [-0.2, -0.15) is 4.31 Å². The highest BCUT2D eigenvalue weighted by Crippen LogP contribution is 2.21. The summed E-state index contributed by atoms with van der Waals surface area (Å²) in [6.45, 7) is 3.71. The van der Waals surface area contributed by atoms with Crippen LogP contribution in [0.15, 0.2) is 71.2 Å². The zero-order valence-electron chi connectivity index (χ0n) is 20.1. The minimum atomic E-state index is -3.97. The van der Waals surface area contributed by atoms with Gasteiger partial charge in [-0.1, -0.05) is 44.2 Å². The van der Waals surface area contributed by atoms with Crippen LogP contribution in [-0.4, -0.2) is 59.2 Å². The minimum Gasteiger partial charge on any atom is -0.508 e. The quantitative estimate of drug-likeness (QED) is 0.325. The number of phenolic OH excluding ortho intramolecular Hbond substituents is 1. The lowest BCUT2D eigenvalue weighted by Gasteiger charge is -2.30. The minimum absolute atomic E-state index is 0.00434. The van der Waals surface area contributed by atoms with Crippen molar-refractivity contribution in [1.29, 1.82) is 0 Å². The third kappa shape index (κ3) is 8.02. The number of carbonyl (C=O) groups excluding carboxylic acids is 1. The highest BCUT2D eigenvalue weighted by atomic mass is 32.2. The van der Waals surface area contributed by atoms with E-state index in [2.05, 4.69) is 10.3 Å². The molecule has 1 aromatic heterocycles. The molecule has 0 aliphatic rings. The summed E-state index contributed by atoms with van der Waals surface area (Å²) in [7, 11) is -3.97. The Balaban J connectivity index is 1.79. The highest BCUT2D eigenvalue weighted by Gasteiger charge is 2.31. The van der Waals surface area contributed by atoms with Crippen molar-refractivity contribution in [3.8, 4) is 5.75 Å². The van der Waals surface area contributed by atoms with Crippen molar-refractivity contribution < 1.29 is 28.2 Å². The first-order valence-corrected chi connectivity index (χ1v) is 13.8. The van der Waals surface area contributed by atoms with Crippen LogP contribution in [0.4, 0.5) is 4.79 Å². The number of nitrogens with one attached hydrogen (secondary N) is 1. The van der Waals surface area contributed by atoms with E-state index in [0.29, 0.717) is 0 Å². The van der Waals surface area contributed by atoms with Crippen molar-refractivity contribution in [2.75, 3.05) is 13.1 Å². The Morgan fingerprint density at radius 1 is 1.11 bits per heavy atom. The molecule has 3 aromatic rings. The molecule has 2 aromatic carbocycles. The van der Waals surface area contributed by atoms with E-state index < -0.39 is 28.3 Å². The molecule has 1 heterocycles. The molecule has 2 atom stereocenters. The van der Waals surface area contributed by atoms with Crippen molar-refractivity contribution in [1.82, 2.24) is 14.6 Å². The van der Waals surface area contributed by atoms with Gasteiger partial charge < -0.3 is 20.3 Å². The second kappa shape index (κ2) is 12.8. The summed E-state index contributed by atoms with van der Waals surface area (Å²) in [4.78, 5) is 17.3. The van der Waals surface area contributed by atoms with Gasteiger partial charge in [0.15, 0.2) is 0 Å². The molecule has 3 N–H and O–H groups in total. The fourth-order valence-corrected chi connectivity index (χ4v) is 5.70. The number of carbonyl (C=O) groups is 1. The van der Waals surface area contributed by atoms with Crippen molar-refractivity contribution in [3.05, 3.63) is 76.7 Å². The molecule has 11 heteroatoms. The second-order valence-corrected chi connectivity index (χ2v) is 11.7. The van der Waals surface area contributed by atoms with E-state index in [0.717, 1.165) is 10.4 Å². The van der Waals surface area contributed by atoms with Gasteiger partial charge in [-0.25, -0.2) is 13.2 Å². The molecule has 0 aliphatic heterocycles. The molecular weight excluding hydrogens is 502 g/mol. The molecule has 0 spiro atoms. The third-order valence-corrected chi connectivity index (χ3v) is 7.93. The molecule has 3 rings (SSSR count). The maximum Gasteiger partial charge on any atom is 0.407 e. The van der Waals surface area contributed by atoms with E-state index in [1.165, 1.54) is 39.9 Å². The molecule has 0 saturated carbocycles. The zero-order chi connectivity index (χ0) is 26.1. The number of hydrogen-bond acceptors (Lipinski definition) is 8. The fraction of sp³-hybridized carbons (Fsp3) is 0.360. The maximum atomic E-state index is 13.4. The normalized spacial score (nSPS) is 13.5. The Hall–Kier alpha value is -2.99. The molecule has 0 saturated heterocycles. The van der Waals surface area contributed by atoms with Crippen LogP contribution in [0.2, 0.25) is 0 Å². The van der Waals surface area contributed by atoms with Crippen LogP contribution < -0.4 is 5.32 Å². The van der Waals surface area contributed by atoms with Crippen LogP contribution in [0, 0.1) is 5.92 Å². The highest BCUT2D eigenvalue weighted by molar-refractivity contribution is 7.89. The number of aromatic hydroxyl groups is 1. The first-order valence-electron chi connectivity index (χ1n) is 11.5. The second-order valence-electron chi connectivity index (χ2n) is 8.76. The zero-order valence-corrected chi connectivity index (χ0v) is 21.8. The lowest BCUT2D eigenvalue weighted by molar-refractivity contribution is 0.0876. The predicted molar refractivity (Wildman–Crippen MR) is 137 cm³/mol. The number of benzene rings is 2. The molecule has 0 fully saturated rings. The number of phenols is 1. The van der Waals surface area contributed by atoms with E-state index in [9.17, 15) is 23.4 Å². The topological polar surface area (TPSA) is 129 Å². The average Bonchev–Trinajstić information content (AvgIpc) is 3.36. The molecule has 0 aliphatic carbocycles. The van der Waals surface area contributed by atoms with Gasteiger partial charge in [-0.3, -0.25) is 4.98 Å². The summed E-state index contributed by atoms with van der Waals surface area (Å²) in [5.74, 6) is -0.0673. The largest absolute Gasteiger partial charge is 0.508 e. The van der Waals surface area contributed by atoms with E-state index >= 15 is 0 Å². The Kier molecular flexibility index (Phi) is 9.82. The Morgan fingerprint density at radius 3 is 2.42 bits per heavy atom. The van der Waals surface area contributed by atoms with Crippen molar-refractivity contribution in [3.63, 3.8) is 0 Å². The number of alkyl carbamates (subject to hydrolysis) is 1. The molecular formula is C25H31N3O6S2. The number of ether oxygens (including phenoxy) is 1. The van der Waals surface area contributed by atoms with Gasteiger partial charge in [0.25, 0.3) is 0 Å². The molecule has 0 radical (unpaired) electrons. The van der Waals surface area contributed by atoms with Crippen LogP contribution in [-0.2, 0) is 27.8 Å². The van der Waals surface area contributed by atoms with Gasteiger partial charge in [-0.15, -0.1) is 11.3 Å². The average molecular weight is 534 g/mol. The van der Waals surface area contributed by atoms with Gasteiger partial charge in [0.1, 0.15) is 12.4 Å². The number of rotatable bonds is 12. The number of aliphatic hydroxyl groups is 1. The van der Waals surface area contributed by atoms with Gasteiger partial charge in [0.05, 0.1) is 27.4 Å². The number of aromatic nitrogens is 1.